The molecule has 1 aliphatic rings. The first-order chi connectivity index (χ1) is 18.5. The molecule has 1 fully saturated rings. The van der Waals surface area contributed by atoms with Crippen LogP contribution in [0.3, 0.4) is 0 Å². The van der Waals surface area contributed by atoms with Gasteiger partial charge in [0.1, 0.15) is 0 Å². The maximum Gasteiger partial charge on any atom is 0.259 e. The number of benzene rings is 1. The van der Waals surface area contributed by atoms with Crippen LogP contribution in [0.1, 0.15) is 29.2 Å². The normalized spacial score (nSPS) is 14.2. The molecule has 4 heterocycles. The SMILES string of the molecule is COCC(O)Cn1cc(-c2ccn3ncc(C(=O)Nc4cc(-c5nnn(C6CC6)n5)ccc4Cl)c3c2)cn1. The second kappa shape index (κ2) is 9.97. The first-order valence-corrected chi connectivity index (χ1v) is 12.4. The van der Waals surface area contributed by atoms with Gasteiger partial charge in [-0.25, -0.2) is 4.52 Å². The summed E-state index contributed by atoms with van der Waals surface area (Å²) in [6.45, 7) is 0.530. The average Bonchev–Trinajstić information content (AvgIpc) is 3.28. The third-order valence-corrected chi connectivity index (χ3v) is 6.59. The smallest absolute Gasteiger partial charge is 0.259 e. The molecule has 0 aliphatic heterocycles. The van der Waals surface area contributed by atoms with Crippen molar-refractivity contribution in [3.05, 3.63) is 65.7 Å². The Morgan fingerprint density at radius 2 is 2.05 bits per heavy atom. The molecule has 5 aromatic rings. The largest absolute Gasteiger partial charge is 0.389 e. The highest BCUT2D eigenvalue weighted by Crippen LogP contribution is 2.34. The highest BCUT2D eigenvalue weighted by Gasteiger charge is 2.26. The Bertz CT molecular complexity index is 1620. The number of rotatable bonds is 9. The van der Waals surface area contributed by atoms with Gasteiger partial charge in [0.15, 0.2) is 0 Å². The fraction of sp³-hybridized carbons (Fsp3) is 0.280. The van der Waals surface area contributed by atoms with Gasteiger partial charge in [-0.3, -0.25) is 9.48 Å². The van der Waals surface area contributed by atoms with Gasteiger partial charge in [-0.15, -0.1) is 10.2 Å². The van der Waals surface area contributed by atoms with E-state index in [0.29, 0.717) is 45.8 Å². The van der Waals surface area contributed by atoms with Crippen molar-refractivity contribution in [1.29, 1.82) is 0 Å². The summed E-state index contributed by atoms with van der Waals surface area (Å²) in [5.41, 5.74) is 3.83. The van der Waals surface area contributed by atoms with Crippen molar-refractivity contribution >= 4 is 28.7 Å². The number of aliphatic hydroxyl groups excluding tert-OH is 1. The number of anilines is 1. The lowest BCUT2D eigenvalue weighted by atomic mass is 10.1. The summed E-state index contributed by atoms with van der Waals surface area (Å²) in [5.74, 6) is 0.115. The Balaban J connectivity index is 1.24. The summed E-state index contributed by atoms with van der Waals surface area (Å²) in [7, 11) is 1.54. The maximum atomic E-state index is 13.3. The predicted molar refractivity (Wildman–Crippen MR) is 139 cm³/mol. The van der Waals surface area contributed by atoms with Crippen LogP contribution >= 0.6 is 11.6 Å². The second-order valence-corrected chi connectivity index (χ2v) is 9.58. The monoisotopic (exact) mass is 533 g/mol. The highest BCUT2D eigenvalue weighted by molar-refractivity contribution is 6.34. The number of carbonyl (C=O) groups is 1. The van der Waals surface area contributed by atoms with Crippen LogP contribution in [-0.2, 0) is 11.3 Å². The van der Waals surface area contributed by atoms with Crippen molar-refractivity contribution in [1.82, 2.24) is 39.6 Å². The van der Waals surface area contributed by atoms with E-state index in [1.165, 1.54) is 13.3 Å². The van der Waals surface area contributed by atoms with Crippen LogP contribution < -0.4 is 5.32 Å². The van der Waals surface area contributed by atoms with E-state index < -0.39 is 6.10 Å². The minimum Gasteiger partial charge on any atom is -0.389 e. The number of nitrogens with one attached hydrogen (secondary N) is 1. The van der Waals surface area contributed by atoms with Gasteiger partial charge in [0.2, 0.25) is 5.82 Å². The van der Waals surface area contributed by atoms with Gasteiger partial charge in [-0.1, -0.05) is 11.6 Å². The molecular weight excluding hydrogens is 510 g/mol. The average molecular weight is 534 g/mol. The number of tetrazole rings is 1. The lowest BCUT2D eigenvalue weighted by Crippen LogP contribution is -2.21. The van der Waals surface area contributed by atoms with E-state index in [-0.39, 0.29) is 12.5 Å². The van der Waals surface area contributed by atoms with Crippen LogP contribution in [0.25, 0.3) is 28.0 Å². The molecule has 1 saturated carbocycles. The molecule has 1 amide bonds. The van der Waals surface area contributed by atoms with Crippen LogP contribution in [0, 0.1) is 0 Å². The third-order valence-electron chi connectivity index (χ3n) is 6.26. The molecule has 12 nitrogen and oxygen atoms in total. The Morgan fingerprint density at radius 1 is 1.18 bits per heavy atom. The van der Waals surface area contributed by atoms with Crippen molar-refractivity contribution in [3.8, 4) is 22.5 Å². The number of halogens is 1. The molecule has 194 valence electrons. The Kier molecular flexibility index (Phi) is 6.35. The Labute approximate surface area is 221 Å². The fourth-order valence-corrected chi connectivity index (χ4v) is 4.32. The van der Waals surface area contributed by atoms with Gasteiger partial charge < -0.3 is 15.2 Å². The molecule has 1 aliphatic carbocycles. The summed E-state index contributed by atoms with van der Waals surface area (Å²) in [6.07, 6.45) is 8.28. The molecule has 1 atom stereocenters. The fourth-order valence-electron chi connectivity index (χ4n) is 4.16. The summed E-state index contributed by atoms with van der Waals surface area (Å²) >= 11 is 6.40. The highest BCUT2D eigenvalue weighted by atomic mass is 35.5. The van der Waals surface area contributed by atoms with E-state index in [1.807, 2.05) is 18.3 Å². The zero-order valence-corrected chi connectivity index (χ0v) is 21.2. The van der Waals surface area contributed by atoms with Gasteiger partial charge in [-0.05, 0) is 54.0 Å². The van der Waals surface area contributed by atoms with Crippen LogP contribution in [0.2, 0.25) is 5.02 Å². The number of pyridine rings is 1. The van der Waals surface area contributed by atoms with E-state index in [2.05, 4.69) is 30.9 Å². The topological polar surface area (TPSA) is 137 Å². The molecule has 0 spiro atoms. The van der Waals surface area contributed by atoms with Gasteiger partial charge in [0.25, 0.3) is 5.91 Å². The molecule has 1 aromatic carbocycles. The van der Waals surface area contributed by atoms with Crippen LogP contribution in [0.4, 0.5) is 5.69 Å². The number of fused-ring (bicyclic) bond motifs is 1. The van der Waals surface area contributed by atoms with Crippen molar-refractivity contribution in [3.63, 3.8) is 0 Å². The van der Waals surface area contributed by atoms with Crippen molar-refractivity contribution in [2.45, 2.75) is 31.5 Å². The predicted octanol–water partition coefficient (Wildman–Crippen LogP) is 3.10. The molecule has 0 radical (unpaired) electrons. The van der Waals surface area contributed by atoms with Gasteiger partial charge in [0.05, 0.1) is 59.5 Å². The molecular formula is C25H24ClN9O3. The lowest BCUT2D eigenvalue weighted by Gasteiger charge is -2.09. The van der Waals surface area contributed by atoms with Gasteiger partial charge in [0, 0.05) is 30.6 Å². The summed E-state index contributed by atoms with van der Waals surface area (Å²) in [6, 6.07) is 9.30. The van der Waals surface area contributed by atoms with E-state index in [9.17, 15) is 9.90 Å². The third kappa shape index (κ3) is 4.88. The van der Waals surface area contributed by atoms with Crippen molar-refractivity contribution in [2.75, 3.05) is 19.0 Å². The van der Waals surface area contributed by atoms with Gasteiger partial charge in [-0.2, -0.15) is 15.0 Å². The molecule has 4 aromatic heterocycles. The molecule has 1 unspecified atom stereocenters. The Hall–Kier alpha value is -4.13. The Morgan fingerprint density at radius 3 is 2.87 bits per heavy atom. The number of aliphatic hydroxyl groups is 1. The zero-order valence-electron chi connectivity index (χ0n) is 20.4. The number of hydrogen-bond donors (Lipinski definition) is 2. The minimum atomic E-state index is -0.661. The van der Waals surface area contributed by atoms with E-state index in [1.54, 1.807) is 44.6 Å². The number of methoxy groups -OCH3 is 1. The maximum absolute atomic E-state index is 13.3. The molecule has 2 N–H and O–H groups in total. The summed E-state index contributed by atoms with van der Waals surface area (Å²) in [4.78, 5) is 14.9. The van der Waals surface area contributed by atoms with Crippen molar-refractivity contribution in [2.24, 2.45) is 0 Å². The summed E-state index contributed by atoms with van der Waals surface area (Å²) < 4.78 is 8.26. The first-order valence-electron chi connectivity index (χ1n) is 12.1. The molecule has 0 saturated heterocycles. The standard InChI is InChI=1S/C25H24ClN9O3/c1-38-14-19(36)13-33-12-17(10-27-33)15-6-7-34-23(9-15)20(11-28-34)25(37)29-22-8-16(2-5-21(22)26)24-30-32-35(31-24)18-3-4-18/h2,5-12,18-19,36H,3-4,13-14H2,1H3,(H,29,37). The van der Waals surface area contributed by atoms with Crippen LogP contribution in [-0.4, -0.2) is 70.4 Å². The first kappa shape index (κ1) is 24.2. The van der Waals surface area contributed by atoms with Crippen LogP contribution in [0.15, 0.2) is 55.1 Å². The molecule has 13 heteroatoms. The lowest BCUT2D eigenvalue weighted by molar-refractivity contribution is 0.0514. The van der Waals surface area contributed by atoms with Crippen LogP contribution in [0.5, 0.6) is 0 Å². The van der Waals surface area contributed by atoms with E-state index in [0.717, 1.165) is 24.0 Å². The quantitative estimate of drug-likeness (QED) is 0.295. The minimum absolute atomic E-state index is 0.222. The van der Waals surface area contributed by atoms with E-state index >= 15 is 0 Å². The molecule has 6 rings (SSSR count). The number of nitrogens with zero attached hydrogens (tertiary/aromatic N) is 8. The van der Waals surface area contributed by atoms with Gasteiger partial charge >= 0.3 is 0 Å². The number of carbonyl (C=O) groups excluding carboxylic acids is 1. The molecule has 0 bridgehead atoms. The number of amides is 1. The summed E-state index contributed by atoms with van der Waals surface area (Å²) in [5, 5.41) is 34.6. The number of ether oxygens (including phenoxy) is 1. The number of hydrogen-bond acceptors (Lipinski definition) is 8. The second-order valence-electron chi connectivity index (χ2n) is 9.18. The van der Waals surface area contributed by atoms with E-state index in [4.69, 9.17) is 16.3 Å². The number of aromatic nitrogens is 8. The molecule has 38 heavy (non-hydrogen) atoms. The zero-order chi connectivity index (χ0) is 26.2. The van der Waals surface area contributed by atoms with Crippen molar-refractivity contribution < 1.29 is 14.6 Å².